The van der Waals surface area contributed by atoms with E-state index in [1.807, 2.05) is 6.92 Å². The molecule has 14 heavy (non-hydrogen) atoms. The fourth-order valence-electron chi connectivity index (χ4n) is 1.11. The highest BCUT2D eigenvalue weighted by Crippen LogP contribution is 2.17. The summed E-state index contributed by atoms with van der Waals surface area (Å²) < 4.78 is 18.2. The van der Waals surface area contributed by atoms with Crippen LogP contribution in [0.1, 0.15) is 12.5 Å². The molecule has 0 amide bonds. The molecule has 0 bridgehead atoms. The van der Waals surface area contributed by atoms with E-state index < -0.39 is 0 Å². The Bertz CT molecular complexity index is 323. The SMILES string of the molecule is CCOc1cc(F)cc(C=CCCl)c1. The number of alkyl halides is 1. The van der Waals surface area contributed by atoms with Crippen molar-refractivity contribution in [2.75, 3.05) is 12.5 Å². The Hall–Kier alpha value is -1.02. The molecule has 0 heterocycles. The lowest BCUT2D eigenvalue weighted by Gasteiger charge is -2.03. The van der Waals surface area contributed by atoms with E-state index in [-0.39, 0.29) is 5.82 Å². The van der Waals surface area contributed by atoms with Crippen molar-refractivity contribution in [1.29, 1.82) is 0 Å². The van der Waals surface area contributed by atoms with Crippen LogP contribution in [0.3, 0.4) is 0 Å². The van der Waals surface area contributed by atoms with E-state index in [9.17, 15) is 4.39 Å². The first-order chi connectivity index (χ1) is 6.76. The largest absolute Gasteiger partial charge is 0.494 e. The molecule has 0 N–H and O–H groups in total. The summed E-state index contributed by atoms with van der Waals surface area (Å²) in [6.07, 6.45) is 3.52. The molecule has 0 aliphatic rings. The van der Waals surface area contributed by atoms with Crippen molar-refractivity contribution >= 4 is 17.7 Å². The van der Waals surface area contributed by atoms with E-state index in [0.717, 1.165) is 5.56 Å². The van der Waals surface area contributed by atoms with Crippen LogP contribution < -0.4 is 4.74 Å². The van der Waals surface area contributed by atoms with Crippen LogP contribution in [0.25, 0.3) is 6.08 Å². The quantitative estimate of drug-likeness (QED) is 0.698. The van der Waals surface area contributed by atoms with Crippen molar-refractivity contribution in [2.24, 2.45) is 0 Å². The monoisotopic (exact) mass is 214 g/mol. The lowest BCUT2D eigenvalue weighted by Crippen LogP contribution is -1.92. The van der Waals surface area contributed by atoms with Crippen molar-refractivity contribution < 1.29 is 9.13 Å². The second kappa shape index (κ2) is 5.66. The van der Waals surface area contributed by atoms with E-state index >= 15 is 0 Å². The van der Waals surface area contributed by atoms with Gasteiger partial charge in [0, 0.05) is 11.9 Å². The van der Waals surface area contributed by atoms with Gasteiger partial charge in [-0.05, 0) is 24.6 Å². The summed E-state index contributed by atoms with van der Waals surface area (Å²) in [6.45, 7) is 2.39. The van der Waals surface area contributed by atoms with Crippen molar-refractivity contribution in [3.63, 3.8) is 0 Å². The Balaban J connectivity index is 2.89. The molecule has 0 fully saturated rings. The van der Waals surface area contributed by atoms with E-state index in [1.165, 1.54) is 12.1 Å². The van der Waals surface area contributed by atoms with E-state index in [4.69, 9.17) is 16.3 Å². The minimum Gasteiger partial charge on any atom is -0.494 e. The smallest absolute Gasteiger partial charge is 0.127 e. The number of allylic oxidation sites excluding steroid dienone is 1. The van der Waals surface area contributed by atoms with Gasteiger partial charge in [-0.1, -0.05) is 12.2 Å². The summed E-state index contributed by atoms with van der Waals surface area (Å²) >= 11 is 5.48. The first-order valence-corrected chi connectivity index (χ1v) is 4.95. The zero-order valence-electron chi connectivity index (χ0n) is 7.97. The third kappa shape index (κ3) is 3.38. The molecule has 0 unspecified atom stereocenters. The Morgan fingerprint density at radius 3 is 2.86 bits per heavy atom. The Morgan fingerprint density at radius 2 is 2.21 bits per heavy atom. The van der Waals surface area contributed by atoms with Gasteiger partial charge in [0.25, 0.3) is 0 Å². The van der Waals surface area contributed by atoms with Crippen molar-refractivity contribution in [1.82, 2.24) is 0 Å². The van der Waals surface area contributed by atoms with Gasteiger partial charge in [0.1, 0.15) is 11.6 Å². The highest BCUT2D eigenvalue weighted by Gasteiger charge is 1.98. The zero-order chi connectivity index (χ0) is 10.4. The van der Waals surface area contributed by atoms with Gasteiger partial charge >= 0.3 is 0 Å². The standard InChI is InChI=1S/C11H12ClFO/c1-2-14-11-7-9(4-3-5-12)6-10(13)8-11/h3-4,6-8H,2,5H2,1H3. The van der Waals surface area contributed by atoms with Crippen LogP contribution in [0.5, 0.6) is 5.75 Å². The Labute approximate surface area is 88.1 Å². The van der Waals surface area contributed by atoms with Crippen molar-refractivity contribution in [3.8, 4) is 5.75 Å². The fourth-order valence-corrected chi connectivity index (χ4v) is 1.20. The summed E-state index contributed by atoms with van der Waals surface area (Å²) in [7, 11) is 0. The van der Waals surface area contributed by atoms with Crippen molar-refractivity contribution in [3.05, 3.63) is 35.7 Å². The van der Waals surface area contributed by atoms with E-state index in [1.54, 1.807) is 18.2 Å². The number of halogens is 2. The molecule has 0 radical (unpaired) electrons. The Morgan fingerprint density at radius 1 is 1.43 bits per heavy atom. The van der Waals surface area contributed by atoms with Crippen LogP contribution >= 0.6 is 11.6 Å². The molecular weight excluding hydrogens is 203 g/mol. The first kappa shape index (κ1) is 11.1. The molecule has 1 aromatic carbocycles. The maximum Gasteiger partial charge on any atom is 0.127 e. The predicted octanol–water partition coefficient (Wildman–Crippen LogP) is 3.48. The summed E-state index contributed by atoms with van der Waals surface area (Å²) in [5.41, 5.74) is 0.758. The lowest BCUT2D eigenvalue weighted by atomic mass is 10.2. The van der Waals surface area contributed by atoms with Gasteiger partial charge < -0.3 is 4.74 Å². The topological polar surface area (TPSA) is 9.23 Å². The maximum atomic E-state index is 13.0. The summed E-state index contributed by atoms with van der Waals surface area (Å²) in [6, 6.07) is 4.57. The summed E-state index contributed by atoms with van der Waals surface area (Å²) in [4.78, 5) is 0. The third-order valence-electron chi connectivity index (χ3n) is 1.60. The molecule has 1 nitrogen and oxygen atoms in total. The van der Waals surface area contributed by atoms with E-state index in [0.29, 0.717) is 18.2 Å². The van der Waals surface area contributed by atoms with Gasteiger partial charge in [0.2, 0.25) is 0 Å². The maximum absolute atomic E-state index is 13.0. The van der Waals surface area contributed by atoms with Crippen molar-refractivity contribution in [2.45, 2.75) is 6.92 Å². The van der Waals surface area contributed by atoms with E-state index in [2.05, 4.69) is 0 Å². The first-order valence-electron chi connectivity index (χ1n) is 4.42. The number of benzene rings is 1. The summed E-state index contributed by atoms with van der Waals surface area (Å²) in [5.74, 6) is 0.660. The van der Waals surface area contributed by atoms with Gasteiger partial charge in [-0.15, -0.1) is 11.6 Å². The minimum atomic E-state index is -0.301. The van der Waals surface area contributed by atoms with Crippen LogP contribution in [0.15, 0.2) is 24.3 Å². The third-order valence-corrected chi connectivity index (χ3v) is 1.78. The molecule has 1 aromatic rings. The molecule has 0 saturated heterocycles. The number of rotatable bonds is 4. The molecule has 0 atom stereocenters. The average Bonchev–Trinajstić information content (AvgIpc) is 2.14. The highest BCUT2D eigenvalue weighted by atomic mass is 35.5. The predicted molar refractivity (Wildman–Crippen MR) is 57.3 cm³/mol. The average molecular weight is 215 g/mol. The van der Waals surface area contributed by atoms with Crippen LogP contribution in [-0.4, -0.2) is 12.5 Å². The van der Waals surface area contributed by atoms with Gasteiger partial charge in [-0.3, -0.25) is 0 Å². The summed E-state index contributed by atoms with van der Waals surface area (Å²) in [5, 5.41) is 0. The normalized spacial score (nSPS) is 10.8. The van der Waals surface area contributed by atoms with Gasteiger partial charge in [0.15, 0.2) is 0 Å². The molecule has 1 rings (SSSR count). The van der Waals surface area contributed by atoms with Crippen LogP contribution in [0, 0.1) is 5.82 Å². The molecular formula is C11H12ClFO. The van der Waals surface area contributed by atoms with Crippen LogP contribution in [0.2, 0.25) is 0 Å². The fraction of sp³-hybridized carbons (Fsp3) is 0.273. The minimum absolute atomic E-state index is 0.301. The number of ether oxygens (including phenoxy) is 1. The molecule has 3 heteroatoms. The Kier molecular flexibility index (Phi) is 4.47. The molecule has 0 spiro atoms. The molecule has 76 valence electrons. The number of hydrogen-bond acceptors (Lipinski definition) is 1. The van der Waals surface area contributed by atoms with Gasteiger partial charge in [-0.2, -0.15) is 0 Å². The highest BCUT2D eigenvalue weighted by molar-refractivity contribution is 6.19. The zero-order valence-corrected chi connectivity index (χ0v) is 8.72. The van der Waals surface area contributed by atoms with Crippen LogP contribution in [0.4, 0.5) is 4.39 Å². The molecule has 0 aliphatic heterocycles. The molecule has 0 saturated carbocycles. The van der Waals surface area contributed by atoms with Gasteiger partial charge in [-0.25, -0.2) is 4.39 Å². The lowest BCUT2D eigenvalue weighted by molar-refractivity contribution is 0.338. The molecule has 0 aliphatic carbocycles. The number of hydrogen-bond donors (Lipinski definition) is 0. The molecule has 0 aromatic heterocycles. The second-order valence-electron chi connectivity index (χ2n) is 2.71. The van der Waals surface area contributed by atoms with Crippen LogP contribution in [-0.2, 0) is 0 Å². The van der Waals surface area contributed by atoms with Gasteiger partial charge in [0.05, 0.1) is 6.61 Å². The second-order valence-corrected chi connectivity index (χ2v) is 3.02.